The van der Waals surface area contributed by atoms with Crippen LogP contribution in [0.25, 0.3) is 0 Å². The summed E-state index contributed by atoms with van der Waals surface area (Å²) in [4.78, 5) is 2.24. The lowest BCUT2D eigenvalue weighted by Crippen LogP contribution is -2.32. The molecule has 1 heterocycles. The van der Waals surface area contributed by atoms with Crippen LogP contribution < -0.4 is 0 Å². The molecule has 0 fully saturated rings. The molecule has 4 heteroatoms. The van der Waals surface area contributed by atoms with Crippen LogP contribution in [-0.2, 0) is 13.1 Å². The topological polar surface area (TPSA) is 41.3 Å². The highest BCUT2D eigenvalue weighted by atomic mass is 16.3. The summed E-state index contributed by atoms with van der Waals surface area (Å²) in [6, 6.07) is 0.446. The van der Waals surface area contributed by atoms with Gasteiger partial charge in [0.15, 0.2) is 0 Å². The zero-order valence-electron chi connectivity index (χ0n) is 10.6. The molecule has 0 aliphatic rings. The van der Waals surface area contributed by atoms with E-state index in [0.717, 1.165) is 26.1 Å². The molecule has 1 aromatic heterocycles. The van der Waals surface area contributed by atoms with Gasteiger partial charge in [-0.15, -0.1) is 0 Å². The number of nitrogens with zero attached hydrogens (tertiary/aromatic N) is 3. The molecule has 4 nitrogen and oxygen atoms in total. The van der Waals surface area contributed by atoms with E-state index in [9.17, 15) is 0 Å². The highest BCUT2D eigenvalue weighted by Crippen LogP contribution is 2.07. The molecule has 0 unspecified atom stereocenters. The van der Waals surface area contributed by atoms with Crippen molar-refractivity contribution in [3.8, 4) is 0 Å². The smallest absolute Gasteiger partial charge is 0.0558 e. The van der Waals surface area contributed by atoms with E-state index < -0.39 is 0 Å². The van der Waals surface area contributed by atoms with Crippen LogP contribution in [0.2, 0.25) is 0 Å². The molecule has 1 aromatic rings. The SMILES string of the molecule is CCCn1cc(CN(CCO)C(C)C)cn1. The lowest BCUT2D eigenvalue weighted by atomic mass is 10.2. The molecule has 0 radical (unpaired) electrons. The minimum Gasteiger partial charge on any atom is -0.395 e. The summed E-state index contributed by atoms with van der Waals surface area (Å²) in [7, 11) is 0. The molecular formula is C12H23N3O. The first-order valence-corrected chi connectivity index (χ1v) is 6.03. The molecule has 0 aromatic carbocycles. The third-order valence-electron chi connectivity index (χ3n) is 2.64. The van der Waals surface area contributed by atoms with Crippen molar-refractivity contribution in [2.24, 2.45) is 0 Å². The van der Waals surface area contributed by atoms with Crippen molar-refractivity contribution in [2.45, 2.75) is 46.3 Å². The highest BCUT2D eigenvalue weighted by Gasteiger charge is 2.10. The van der Waals surface area contributed by atoms with Gasteiger partial charge in [0, 0.05) is 37.4 Å². The number of hydrogen-bond donors (Lipinski definition) is 1. The summed E-state index contributed by atoms with van der Waals surface area (Å²) in [5.74, 6) is 0. The fourth-order valence-electron chi connectivity index (χ4n) is 1.72. The minimum absolute atomic E-state index is 0.210. The Kier molecular flexibility index (Phi) is 5.49. The first-order valence-electron chi connectivity index (χ1n) is 6.03. The molecule has 0 spiro atoms. The summed E-state index contributed by atoms with van der Waals surface area (Å²) in [6.45, 7) is 9.20. The normalized spacial score (nSPS) is 11.6. The number of aryl methyl sites for hydroxylation is 1. The first-order chi connectivity index (χ1) is 7.67. The quantitative estimate of drug-likeness (QED) is 0.764. The van der Waals surface area contributed by atoms with Gasteiger partial charge in [0.05, 0.1) is 12.8 Å². The van der Waals surface area contributed by atoms with Crippen LogP contribution in [0.4, 0.5) is 0 Å². The van der Waals surface area contributed by atoms with Crippen molar-refractivity contribution < 1.29 is 5.11 Å². The molecule has 1 N–H and O–H groups in total. The van der Waals surface area contributed by atoms with E-state index in [0.29, 0.717) is 6.04 Å². The summed E-state index contributed by atoms with van der Waals surface area (Å²) < 4.78 is 1.98. The van der Waals surface area contributed by atoms with Gasteiger partial charge in [-0.25, -0.2) is 0 Å². The third kappa shape index (κ3) is 3.94. The average Bonchev–Trinajstić information content (AvgIpc) is 2.65. The predicted molar refractivity (Wildman–Crippen MR) is 65.1 cm³/mol. The Labute approximate surface area is 97.9 Å². The largest absolute Gasteiger partial charge is 0.395 e. The molecule has 0 atom stereocenters. The van der Waals surface area contributed by atoms with Crippen molar-refractivity contribution >= 4 is 0 Å². The summed E-state index contributed by atoms with van der Waals surface area (Å²) in [6.07, 6.45) is 5.12. The van der Waals surface area contributed by atoms with Crippen molar-refractivity contribution in [3.63, 3.8) is 0 Å². The lowest BCUT2D eigenvalue weighted by molar-refractivity contribution is 0.159. The number of rotatable bonds is 7. The Balaban J connectivity index is 2.55. The average molecular weight is 225 g/mol. The minimum atomic E-state index is 0.210. The van der Waals surface area contributed by atoms with Gasteiger partial charge in [0.25, 0.3) is 0 Å². The number of aromatic nitrogens is 2. The monoisotopic (exact) mass is 225 g/mol. The molecule has 0 aliphatic carbocycles. The molecule has 92 valence electrons. The standard InChI is InChI=1S/C12H23N3O/c1-4-5-15-10-12(8-13-15)9-14(6-7-16)11(2)3/h8,10-11,16H,4-7,9H2,1-3H3. The van der Waals surface area contributed by atoms with Gasteiger partial charge in [-0.05, 0) is 20.3 Å². The van der Waals surface area contributed by atoms with E-state index in [2.05, 4.69) is 37.0 Å². The van der Waals surface area contributed by atoms with Gasteiger partial charge in [-0.3, -0.25) is 9.58 Å². The van der Waals surface area contributed by atoms with E-state index in [1.54, 1.807) is 0 Å². The van der Waals surface area contributed by atoms with Crippen LogP contribution in [0.5, 0.6) is 0 Å². The van der Waals surface area contributed by atoms with E-state index in [1.165, 1.54) is 5.56 Å². The molecule has 0 saturated heterocycles. The van der Waals surface area contributed by atoms with Gasteiger partial charge in [0.2, 0.25) is 0 Å². The number of aliphatic hydroxyl groups is 1. The molecular weight excluding hydrogens is 202 g/mol. The van der Waals surface area contributed by atoms with Crippen molar-refractivity contribution in [1.29, 1.82) is 0 Å². The van der Waals surface area contributed by atoms with Crippen LogP contribution in [0.1, 0.15) is 32.8 Å². The Hall–Kier alpha value is -0.870. The summed E-state index contributed by atoms with van der Waals surface area (Å²) >= 11 is 0. The summed E-state index contributed by atoms with van der Waals surface area (Å²) in [5, 5.41) is 13.3. The van der Waals surface area contributed by atoms with Gasteiger partial charge in [0.1, 0.15) is 0 Å². The van der Waals surface area contributed by atoms with E-state index in [-0.39, 0.29) is 6.61 Å². The second-order valence-corrected chi connectivity index (χ2v) is 4.40. The highest BCUT2D eigenvalue weighted by molar-refractivity contribution is 5.03. The van der Waals surface area contributed by atoms with Crippen molar-refractivity contribution in [3.05, 3.63) is 18.0 Å². The van der Waals surface area contributed by atoms with Crippen LogP contribution in [0.15, 0.2) is 12.4 Å². The predicted octanol–water partition coefficient (Wildman–Crippen LogP) is 1.50. The number of hydrogen-bond acceptors (Lipinski definition) is 3. The lowest BCUT2D eigenvalue weighted by Gasteiger charge is -2.24. The fraction of sp³-hybridized carbons (Fsp3) is 0.750. The van der Waals surface area contributed by atoms with Gasteiger partial charge in [-0.1, -0.05) is 6.92 Å². The zero-order chi connectivity index (χ0) is 12.0. The van der Waals surface area contributed by atoms with Crippen LogP contribution in [0, 0.1) is 0 Å². The molecule has 0 bridgehead atoms. The third-order valence-corrected chi connectivity index (χ3v) is 2.64. The van der Waals surface area contributed by atoms with Crippen LogP contribution in [-0.4, -0.2) is 39.0 Å². The van der Waals surface area contributed by atoms with Gasteiger partial charge >= 0.3 is 0 Å². The van der Waals surface area contributed by atoms with E-state index in [4.69, 9.17) is 5.11 Å². The van der Waals surface area contributed by atoms with Crippen LogP contribution in [0.3, 0.4) is 0 Å². The molecule has 0 aliphatic heterocycles. The molecule has 0 amide bonds. The fourth-order valence-corrected chi connectivity index (χ4v) is 1.72. The van der Waals surface area contributed by atoms with Crippen molar-refractivity contribution in [1.82, 2.24) is 14.7 Å². The van der Waals surface area contributed by atoms with E-state index in [1.807, 2.05) is 10.9 Å². The zero-order valence-corrected chi connectivity index (χ0v) is 10.6. The van der Waals surface area contributed by atoms with Gasteiger partial charge < -0.3 is 5.11 Å². The number of aliphatic hydroxyl groups excluding tert-OH is 1. The first kappa shape index (κ1) is 13.2. The second kappa shape index (κ2) is 6.66. The second-order valence-electron chi connectivity index (χ2n) is 4.40. The van der Waals surface area contributed by atoms with Crippen molar-refractivity contribution in [2.75, 3.05) is 13.2 Å². The Bertz CT molecular complexity index is 296. The maximum atomic E-state index is 8.99. The Morgan fingerprint density at radius 2 is 2.25 bits per heavy atom. The van der Waals surface area contributed by atoms with E-state index >= 15 is 0 Å². The molecule has 1 rings (SSSR count). The summed E-state index contributed by atoms with van der Waals surface area (Å²) in [5.41, 5.74) is 1.22. The molecule has 0 saturated carbocycles. The maximum Gasteiger partial charge on any atom is 0.0558 e. The Morgan fingerprint density at radius 3 is 2.81 bits per heavy atom. The Morgan fingerprint density at radius 1 is 1.50 bits per heavy atom. The van der Waals surface area contributed by atoms with Gasteiger partial charge in [-0.2, -0.15) is 5.10 Å². The van der Waals surface area contributed by atoms with Crippen LogP contribution >= 0.6 is 0 Å². The maximum absolute atomic E-state index is 8.99. The molecule has 16 heavy (non-hydrogen) atoms.